The van der Waals surface area contributed by atoms with Crippen molar-refractivity contribution in [3.8, 4) is 0 Å². The smallest absolute Gasteiger partial charge is 0.0875 e. The summed E-state index contributed by atoms with van der Waals surface area (Å²) in [6.07, 6.45) is 3.93. The summed E-state index contributed by atoms with van der Waals surface area (Å²) in [5, 5.41) is 1.27. The quantitative estimate of drug-likeness (QED) is 0.606. The molecule has 21 heavy (non-hydrogen) atoms. The van der Waals surface area contributed by atoms with Crippen molar-refractivity contribution >= 4 is 16.4 Å². The van der Waals surface area contributed by atoms with Crippen LogP contribution in [0, 0.1) is 0 Å². The Bertz CT molecular complexity index is 729. The lowest BCUT2D eigenvalue weighted by atomic mass is 10.2. The van der Waals surface area contributed by atoms with Gasteiger partial charge in [0.15, 0.2) is 0 Å². The summed E-state index contributed by atoms with van der Waals surface area (Å²) in [6, 6.07) is 17.2. The Morgan fingerprint density at radius 1 is 1.05 bits per heavy atom. The van der Waals surface area contributed by atoms with E-state index in [9.17, 15) is 0 Å². The lowest BCUT2D eigenvalue weighted by Crippen LogP contribution is -2.09. The van der Waals surface area contributed by atoms with Crippen molar-refractivity contribution in [2.75, 3.05) is 0 Å². The number of unbranched alkanes of at least 4 members (excludes halogenated alkanes) is 1. The first-order valence-corrected chi connectivity index (χ1v) is 7.89. The normalized spacial score (nSPS) is 13.0. The maximum Gasteiger partial charge on any atom is 0.0875 e. The zero-order valence-corrected chi connectivity index (χ0v) is 12.9. The highest BCUT2D eigenvalue weighted by Gasteiger charge is 2.08. The van der Waals surface area contributed by atoms with Crippen LogP contribution in [0.1, 0.15) is 38.8 Å². The standard InChI is InChI=1S/C19H23NO/c1-3-4-7-15(2)21-14-18-13-12-17-11-10-16-8-5-6-9-19(16)20(17)18/h5-6,8-13,15H,3-4,7,14H2,1-2H3. The van der Waals surface area contributed by atoms with Gasteiger partial charge in [-0.1, -0.05) is 44.0 Å². The summed E-state index contributed by atoms with van der Waals surface area (Å²) in [4.78, 5) is 0. The minimum absolute atomic E-state index is 0.325. The molecule has 0 fully saturated rings. The monoisotopic (exact) mass is 281 g/mol. The molecule has 3 aromatic rings. The fourth-order valence-electron chi connectivity index (χ4n) is 2.84. The molecule has 0 N–H and O–H groups in total. The van der Waals surface area contributed by atoms with Crippen molar-refractivity contribution in [1.29, 1.82) is 0 Å². The lowest BCUT2D eigenvalue weighted by molar-refractivity contribution is 0.0441. The molecule has 2 heteroatoms. The van der Waals surface area contributed by atoms with Crippen LogP contribution in [0.15, 0.2) is 48.5 Å². The van der Waals surface area contributed by atoms with Crippen molar-refractivity contribution in [1.82, 2.24) is 4.40 Å². The molecular formula is C19H23NO. The molecule has 2 aromatic heterocycles. The number of rotatable bonds is 6. The number of fused-ring (bicyclic) bond motifs is 3. The minimum atomic E-state index is 0.325. The first-order chi connectivity index (χ1) is 10.3. The molecule has 0 radical (unpaired) electrons. The Morgan fingerprint density at radius 3 is 2.71 bits per heavy atom. The van der Waals surface area contributed by atoms with Gasteiger partial charge in [-0.05, 0) is 43.0 Å². The zero-order chi connectivity index (χ0) is 14.7. The highest BCUT2D eigenvalue weighted by molar-refractivity contribution is 5.83. The number of hydrogen-bond acceptors (Lipinski definition) is 1. The van der Waals surface area contributed by atoms with Crippen LogP contribution < -0.4 is 0 Å². The van der Waals surface area contributed by atoms with Crippen LogP contribution in [0.2, 0.25) is 0 Å². The summed E-state index contributed by atoms with van der Waals surface area (Å²) in [7, 11) is 0. The van der Waals surface area contributed by atoms with Gasteiger partial charge >= 0.3 is 0 Å². The molecule has 1 unspecified atom stereocenters. The van der Waals surface area contributed by atoms with Gasteiger partial charge in [-0.15, -0.1) is 0 Å². The van der Waals surface area contributed by atoms with Crippen molar-refractivity contribution in [3.63, 3.8) is 0 Å². The van der Waals surface area contributed by atoms with E-state index < -0.39 is 0 Å². The van der Waals surface area contributed by atoms with Crippen molar-refractivity contribution in [2.24, 2.45) is 0 Å². The average molecular weight is 281 g/mol. The van der Waals surface area contributed by atoms with E-state index in [4.69, 9.17) is 4.74 Å². The largest absolute Gasteiger partial charge is 0.372 e. The molecule has 110 valence electrons. The third-order valence-corrected chi connectivity index (χ3v) is 4.08. The SMILES string of the molecule is CCCCC(C)OCc1ccc2ccc3ccccc3n12. The number of ether oxygens (including phenoxy) is 1. The predicted molar refractivity (Wildman–Crippen MR) is 88.7 cm³/mol. The van der Waals surface area contributed by atoms with Crippen LogP contribution in [0.25, 0.3) is 16.4 Å². The van der Waals surface area contributed by atoms with E-state index in [1.165, 1.54) is 35.0 Å². The maximum atomic E-state index is 6.02. The molecule has 0 bridgehead atoms. The van der Waals surface area contributed by atoms with Gasteiger partial charge in [0.25, 0.3) is 0 Å². The molecule has 0 saturated heterocycles. The number of para-hydroxylation sites is 1. The first kappa shape index (κ1) is 14.2. The van der Waals surface area contributed by atoms with Crippen LogP contribution in [0.5, 0.6) is 0 Å². The van der Waals surface area contributed by atoms with Crippen molar-refractivity contribution in [3.05, 3.63) is 54.2 Å². The van der Waals surface area contributed by atoms with E-state index in [-0.39, 0.29) is 0 Å². The fourth-order valence-corrected chi connectivity index (χ4v) is 2.84. The van der Waals surface area contributed by atoms with Crippen molar-refractivity contribution in [2.45, 2.75) is 45.8 Å². The van der Waals surface area contributed by atoms with Gasteiger partial charge in [-0.25, -0.2) is 0 Å². The lowest BCUT2D eigenvalue weighted by Gasteiger charge is -2.13. The Labute approximate surface area is 126 Å². The first-order valence-electron chi connectivity index (χ1n) is 7.89. The molecule has 3 rings (SSSR count). The number of pyridine rings is 1. The van der Waals surface area contributed by atoms with E-state index in [2.05, 4.69) is 66.8 Å². The average Bonchev–Trinajstić information content (AvgIpc) is 2.94. The van der Waals surface area contributed by atoms with Crippen LogP contribution in [-0.2, 0) is 11.3 Å². The van der Waals surface area contributed by atoms with Crippen LogP contribution in [0.3, 0.4) is 0 Å². The van der Waals surface area contributed by atoms with Crippen LogP contribution in [0.4, 0.5) is 0 Å². The van der Waals surface area contributed by atoms with E-state index in [0.29, 0.717) is 12.7 Å². The van der Waals surface area contributed by atoms with E-state index in [1.54, 1.807) is 0 Å². The van der Waals surface area contributed by atoms with E-state index >= 15 is 0 Å². The number of benzene rings is 1. The Kier molecular flexibility index (Phi) is 4.26. The molecule has 0 saturated carbocycles. The van der Waals surface area contributed by atoms with Crippen LogP contribution in [-0.4, -0.2) is 10.5 Å². The van der Waals surface area contributed by atoms with Gasteiger partial charge in [-0.2, -0.15) is 0 Å². The third kappa shape index (κ3) is 2.96. The topological polar surface area (TPSA) is 13.6 Å². The van der Waals surface area contributed by atoms with Gasteiger partial charge in [-0.3, -0.25) is 0 Å². The molecule has 0 amide bonds. The summed E-state index contributed by atoms with van der Waals surface area (Å²) in [5.74, 6) is 0. The Balaban J connectivity index is 1.87. The molecule has 1 aromatic carbocycles. The fraction of sp³-hybridized carbons (Fsp3) is 0.368. The highest BCUT2D eigenvalue weighted by atomic mass is 16.5. The molecule has 2 heterocycles. The molecule has 0 aliphatic rings. The molecule has 2 nitrogen and oxygen atoms in total. The number of hydrogen-bond donors (Lipinski definition) is 0. The molecule has 1 atom stereocenters. The maximum absolute atomic E-state index is 6.02. The Morgan fingerprint density at radius 2 is 1.86 bits per heavy atom. The zero-order valence-electron chi connectivity index (χ0n) is 12.9. The molecular weight excluding hydrogens is 258 g/mol. The second kappa shape index (κ2) is 6.31. The second-order valence-electron chi connectivity index (χ2n) is 5.74. The molecule has 0 aliphatic carbocycles. The minimum Gasteiger partial charge on any atom is -0.372 e. The van der Waals surface area contributed by atoms with Gasteiger partial charge in [0.05, 0.1) is 18.2 Å². The Hall–Kier alpha value is -1.80. The summed E-state index contributed by atoms with van der Waals surface area (Å²) < 4.78 is 8.33. The third-order valence-electron chi connectivity index (χ3n) is 4.08. The predicted octanol–water partition coefficient (Wildman–Crippen LogP) is 5.19. The van der Waals surface area contributed by atoms with Gasteiger partial charge in [0.1, 0.15) is 0 Å². The van der Waals surface area contributed by atoms with E-state index in [0.717, 1.165) is 6.42 Å². The number of aromatic nitrogens is 1. The van der Waals surface area contributed by atoms with Crippen molar-refractivity contribution < 1.29 is 4.74 Å². The van der Waals surface area contributed by atoms with Gasteiger partial charge in [0, 0.05) is 11.2 Å². The summed E-state index contributed by atoms with van der Waals surface area (Å²) in [5.41, 5.74) is 3.71. The van der Waals surface area contributed by atoms with Gasteiger partial charge in [0.2, 0.25) is 0 Å². The van der Waals surface area contributed by atoms with E-state index in [1.807, 2.05) is 0 Å². The van der Waals surface area contributed by atoms with Gasteiger partial charge < -0.3 is 9.14 Å². The second-order valence-corrected chi connectivity index (χ2v) is 5.74. The van der Waals surface area contributed by atoms with Crippen LogP contribution >= 0.6 is 0 Å². The highest BCUT2D eigenvalue weighted by Crippen LogP contribution is 2.21. The molecule has 0 spiro atoms. The molecule has 0 aliphatic heterocycles. The number of nitrogens with zero attached hydrogens (tertiary/aromatic N) is 1. The summed E-state index contributed by atoms with van der Waals surface area (Å²) in [6.45, 7) is 5.07. The summed E-state index contributed by atoms with van der Waals surface area (Å²) >= 11 is 0.